The van der Waals surface area contributed by atoms with Crippen LogP contribution in [0.15, 0.2) is 10.6 Å². The summed E-state index contributed by atoms with van der Waals surface area (Å²) in [4.78, 5) is 27.7. The molecule has 10 heteroatoms. The summed E-state index contributed by atoms with van der Waals surface area (Å²) < 4.78 is 6.00. The number of aliphatic hydroxyl groups excluding tert-OH is 1. The topological polar surface area (TPSA) is 90.3 Å². The Morgan fingerprint density at radius 1 is 1.50 bits per heavy atom. The predicted molar refractivity (Wildman–Crippen MR) is 95.5 cm³/mol. The third-order valence-corrected chi connectivity index (χ3v) is 7.27. The minimum atomic E-state index is -1.12. The van der Waals surface area contributed by atoms with Gasteiger partial charge in [-0.15, -0.1) is 11.8 Å². The average Bonchev–Trinajstić information content (AvgIpc) is 2.87. The number of aliphatic carboxylic acids is 1. The Morgan fingerprint density at radius 3 is 2.75 bits per heavy atom. The van der Waals surface area contributed by atoms with Crippen LogP contribution in [0.3, 0.4) is 0 Å². The number of thiocarbonyl (C=S) groups is 1. The second-order valence-corrected chi connectivity index (χ2v) is 8.53. The second-order valence-electron chi connectivity index (χ2n) is 5.71. The van der Waals surface area contributed by atoms with Crippen molar-refractivity contribution in [1.29, 1.82) is 0 Å². The molecule has 0 unspecified atom stereocenters. The number of carboxylic acid groups (broad SMARTS) is 1. The van der Waals surface area contributed by atoms with E-state index in [9.17, 15) is 19.8 Å². The Bertz CT molecular complexity index is 603. The summed E-state index contributed by atoms with van der Waals surface area (Å²) in [6.07, 6.45) is -0.789. The summed E-state index contributed by atoms with van der Waals surface area (Å²) in [5.41, 5.74) is 0.0316. The van der Waals surface area contributed by atoms with Crippen molar-refractivity contribution in [2.45, 2.75) is 18.4 Å². The number of aliphatic hydroxyl groups is 1. The fraction of sp³-hybridized carbons (Fsp3) is 0.643. The second kappa shape index (κ2) is 7.20. The lowest BCUT2D eigenvalue weighted by atomic mass is 9.92. The largest absolute Gasteiger partial charge is 0.477 e. The van der Waals surface area contributed by atoms with Gasteiger partial charge in [-0.25, -0.2) is 4.79 Å². The fourth-order valence-corrected chi connectivity index (χ4v) is 5.88. The number of nitrogens with zero attached hydrogens (tertiary/aromatic N) is 2. The lowest BCUT2D eigenvalue weighted by Crippen LogP contribution is -2.60. The van der Waals surface area contributed by atoms with Gasteiger partial charge in [0.1, 0.15) is 15.4 Å². The Balaban J connectivity index is 1.67. The Kier molecular flexibility index (Phi) is 5.40. The van der Waals surface area contributed by atoms with E-state index in [1.807, 2.05) is 4.90 Å². The minimum absolute atomic E-state index is 0.0316. The molecule has 24 heavy (non-hydrogen) atoms. The van der Waals surface area contributed by atoms with Crippen LogP contribution in [0.1, 0.15) is 6.92 Å². The summed E-state index contributed by atoms with van der Waals surface area (Å²) >= 11 is 8.16. The van der Waals surface area contributed by atoms with Gasteiger partial charge in [-0.05, 0) is 6.92 Å². The zero-order valence-corrected chi connectivity index (χ0v) is 15.5. The molecule has 0 aromatic heterocycles. The highest BCUT2D eigenvalue weighted by atomic mass is 32.2. The minimum Gasteiger partial charge on any atom is -0.477 e. The van der Waals surface area contributed by atoms with Gasteiger partial charge >= 0.3 is 5.97 Å². The van der Waals surface area contributed by atoms with Gasteiger partial charge in [-0.3, -0.25) is 9.69 Å². The summed E-state index contributed by atoms with van der Waals surface area (Å²) in [6.45, 7) is 4.31. The smallest absolute Gasteiger partial charge is 0.353 e. The molecule has 0 spiro atoms. The highest BCUT2D eigenvalue weighted by molar-refractivity contribution is 8.23. The van der Waals surface area contributed by atoms with Crippen LogP contribution in [0.2, 0.25) is 0 Å². The van der Waals surface area contributed by atoms with Crippen LogP contribution < -0.4 is 0 Å². The van der Waals surface area contributed by atoms with Gasteiger partial charge in [0.2, 0.25) is 5.91 Å². The zero-order valence-electron chi connectivity index (χ0n) is 13.0. The van der Waals surface area contributed by atoms with Gasteiger partial charge in [-0.2, -0.15) is 0 Å². The molecule has 0 saturated carbocycles. The Hall–Kier alpha value is -0.810. The van der Waals surface area contributed by atoms with Crippen LogP contribution in [-0.4, -0.2) is 79.7 Å². The van der Waals surface area contributed by atoms with Crippen molar-refractivity contribution in [2.75, 3.05) is 32.1 Å². The molecule has 3 aliphatic rings. The highest BCUT2D eigenvalue weighted by Crippen LogP contribution is 2.51. The van der Waals surface area contributed by atoms with Gasteiger partial charge < -0.3 is 19.8 Å². The third kappa shape index (κ3) is 3.17. The van der Waals surface area contributed by atoms with E-state index in [0.29, 0.717) is 28.2 Å². The van der Waals surface area contributed by atoms with Gasteiger partial charge in [0.15, 0.2) is 0 Å². The average molecular weight is 391 g/mol. The van der Waals surface area contributed by atoms with Gasteiger partial charge in [0, 0.05) is 23.7 Å². The predicted octanol–water partition coefficient (Wildman–Crippen LogP) is 0.545. The number of rotatable bonds is 4. The number of hydrogen-bond acceptors (Lipinski definition) is 7. The lowest BCUT2D eigenvalue weighted by molar-refractivity contribution is -0.156. The number of thioether (sulfide) groups is 2. The fourth-order valence-electron chi connectivity index (χ4n) is 2.92. The van der Waals surface area contributed by atoms with Crippen LogP contribution in [0, 0.1) is 5.92 Å². The van der Waals surface area contributed by atoms with E-state index >= 15 is 0 Å². The van der Waals surface area contributed by atoms with Gasteiger partial charge in [0.25, 0.3) is 0 Å². The Labute approximate surface area is 153 Å². The molecule has 3 rings (SSSR count). The van der Waals surface area contributed by atoms with E-state index in [-0.39, 0.29) is 17.0 Å². The molecule has 3 aliphatic heterocycles. The molecule has 2 fully saturated rings. The van der Waals surface area contributed by atoms with Crippen molar-refractivity contribution in [1.82, 2.24) is 9.80 Å². The summed E-state index contributed by atoms with van der Waals surface area (Å²) in [5.74, 6) is -1.57. The molecular weight excluding hydrogens is 372 g/mol. The SMILES string of the molecule is C[C@@H](O)[C@H]1C(=O)N2C(C(=O)O)=C(CSC(=S)N3CCOCC3)S[C@H]12. The standard InChI is InChI=1S/C14H18N2O5S3/c1-7(17)9-11(18)16-10(13(19)20)8(24-12(9)16)6-23-14(22)15-2-4-21-5-3-15/h7,9,12,17H,2-6H2,1H3,(H,19,20)/t7-,9+,12-/m1/s1. The van der Waals surface area contributed by atoms with E-state index in [1.165, 1.54) is 28.4 Å². The van der Waals surface area contributed by atoms with Crippen LogP contribution in [-0.2, 0) is 14.3 Å². The quantitative estimate of drug-likeness (QED) is 0.527. The van der Waals surface area contributed by atoms with Crippen molar-refractivity contribution < 1.29 is 24.5 Å². The number of carbonyl (C=O) groups is 2. The van der Waals surface area contributed by atoms with Crippen molar-refractivity contribution >= 4 is 51.9 Å². The molecule has 2 N–H and O–H groups in total. The van der Waals surface area contributed by atoms with Gasteiger partial charge in [0.05, 0.1) is 25.2 Å². The maximum absolute atomic E-state index is 12.1. The van der Waals surface area contributed by atoms with Crippen molar-refractivity contribution in [3.63, 3.8) is 0 Å². The Morgan fingerprint density at radius 2 is 2.17 bits per heavy atom. The van der Waals surface area contributed by atoms with Crippen molar-refractivity contribution in [2.24, 2.45) is 5.92 Å². The van der Waals surface area contributed by atoms with Crippen LogP contribution in [0.25, 0.3) is 0 Å². The van der Waals surface area contributed by atoms with E-state index < -0.39 is 18.0 Å². The number of carbonyl (C=O) groups excluding carboxylic acids is 1. The molecular formula is C14H18N2O5S3. The molecule has 0 aliphatic carbocycles. The molecule has 7 nitrogen and oxygen atoms in total. The summed E-state index contributed by atoms with van der Waals surface area (Å²) in [7, 11) is 0. The van der Waals surface area contributed by atoms with Crippen LogP contribution in [0.4, 0.5) is 0 Å². The zero-order chi connectivity index (χ0) is 17.4. The summed E-state index contributed by atoms with van der Waals surface area (Å²) in [6, 6.07) is 0. The molecule has 1 amide bonds. The third-order valence-electron chi connectivity index (χ3n) is 4.17. The van der Waals surface area contributed by atoms with Crippen LogP contribution in [0.5, 0.6) is 0 Å². The van der Waals surface area contributed by atoms with Crippen LogP contribution >= 0.6 is 35.7 Å². The molecule has 0 bridgehead atoms. The first-order chi connectivity index (χ1) is 11.4. The first-order valence-electron chi connectivity index (χ1n) is 7.55. The molecule has 132 valence electrons. The maximum atomic E-state index is 12.1. The number of amides is 1. The monoisotopic (exact) mass is 390 g/mol. The lowest BCUT2D eigenvalue weighted by Gasteiger charge is -2.43. The number of hydrogen-bond donors (Lipinski definition) is 2. The van der Waals surface area contributed by atoms with Gasteiger partial charge in [-0.1, -0.05) is 24.0 Å². The molecule has 3 atom stereocenters. The van der Waals surface area contributed by atoms with Crippen molar-refractivity contribution in [3.8, 4) is 0 Å². The van der Waals surface area contributed by atoms with E-state index in [4.69, 9.17) is 17.0 Å². The first kappa shape index (κ1) is 18.0. The molecule has 0 radical (unpaired) electrons. The molecule has 0 aromatic rings. The highest BCUT2D eigenvalue weighted by Gasteiger charge is 2.57. The number of fused-ring (bicyclic) bond motifs is 1. The number of carboxylic acids is 1. The van der Waals surface area contributed by atoms with E-state index in [0.717, 1.165) is 13.1 Å². The molecule has 2 saturated heterocycles. The first-order valence-corrected chi connectivity index (χ1v) is 9.83. The van der Waals surface area contributed by atoms with E-state index in [1.54, 1.807) is 6.92 Å². The number of morpholine rings is 1. The number of ether oxygens (including phenoxy) is 1. The van der Waals surface area contributed by atoms with Crippen molar-refractivity contribution in [3.05, 3.63) is 10.6 Å². The molecule has 3 heterocycles. The molecule has 0 aromatic carbocycles. The normalized spacial score (nSPS) is 27.8. The maximum Gasteiger partial charge on any atom is 0.353 e. The number of β-lactam (4-membered cyclic amide) rings is 1. The van der Waals surface area contributed by atoms with E-state index in [2.05, 4.69) is 0 Å². The summed E-state index contributed by atoms with van der Waals surface area (Å²) in [5, 5.41) is 18.9.